The number of hydrogen-bond donors (Lipinski definition) is 1. The smallest absolute Gasteiger partial charge is 0.313 e. The van der Waals surface area contributed by atoms with E-state index in [1.807, 2.05) is 13.1 Å². The Bertz CT molecular complexity index is 385. The molecule has 0 amide bonds. The second-order valence-corrected chi connectivity index (χ2v) is 5.22. The zero-order chi connectivity index (χ0) is 11.5. The number of imidazole rings is 1. The van der Waals surface area contributed by atoms with Gasteiger partial charge in [0.1, 0.15) is 0 Å². The van der Waals surface area contributed by atoms with Crippen LogP contribution in [0.3, 0.4) is 0 Å². The van der Waals surface area contributed by atoms with Gasteiger partial charge < -0.3 is 9.67 Å². The van der Waals surface area contributed by atoms with E-state index in [9.17, 15) is 4.79 Å². The average molecular weight is 240 g/mol. The van der Waals surface area contributed by atoms with Crippen LogP contribution in [0.2, 0.25) is 0 Å². The zero-order valence-electron chi connectivity index (χ0n) is 9.35. The Morgan fingerprint density at radius 3 is 3.06 bits per heavy atom. The molecule has 4 nitrogen and oxygen atoms in total. The molecule has 0 aromatic carbocycles. The molecule has 1 aromatic rings. The van der Waals surface area contributed by atoms with Crippen molar-refractivity contribution >= 4 is 17.7 Å². The highest BCUT2D eigenvalue weighted by Crippen LogP contribution is 2.33. The molecule has 0 saturated heterocycles. The monoisotopic (exact) mass is 240 g/mol. The highest BCUT2D eigenvalue weighted by molar-refractivity contribution is 7.99. The van der Waals surface area contributed by atoms with Gasteiger partial charge in [0.05, 0.1) is 11.4 Å². The summed E-state index contributed by atoms with van der Waals surface area (Å²) in [5.74, 6) is 0.180. The first-order valence-corrected chi connectivity index (χ1v) is 6.52. The Balaban J connectivity index is 1.94. The fraction of sp³-hybridized carbons (Fsp3) is 0.636. The Morgan fingerprint density at radius 1 is 1.69 bits per heavy atom. The summed E-state index contributed by atoms with van der Waals surface area (Å²) in [7, 11) is 0. The molecular formula is C11H16N2O2S. The van der Waals surface area contributed by atoms with E-state index in [1.54, 1.807) is 0 Å². The summed E-state index contributed by atoms with van der Waals surface area (Å²) in [6.07, 6.45) is 5.90. The van der Waals surface area contributed by atoms with E-state index in [-0.39, 0.29) is 5.75 Å². The van der Waals surface area contributed by atoms with Crippen LogP contribution in [-0.4, -0.2) is 26.4 Å². The van der Waals surface area contributed by atoms with Gasteiger partial charge in [0.25, 0.3) is 0 Å². The number of aryl methyl sites for hydroxylation is 2. The molecule has 1 N–H and O–H groups in total. The molecule has 0 atom stereocenters. The zero-order valence-corrected chi connectivity index (χ0v) is 10.2. The Hall–Kier alpha value is -0.970. The lowest BCUT2D eigenvalue weighted by Crippen LogP contribution is -2.03. The molecule has 0 unspecified atom stereocenters. The number of carboxylic acids is 1. The highest BCUT2D eigenvalue weighted by atomic mass is 32.2. The SMILES string of the molecule is Cc1cn(CCC2CC2)c(SCC(=O)O)n1. The van der Waals surface area contributed by atoms with Crippen molar-refractivity contribution in [1.29, 1.82) is 0 Å². The first-order chi connectivity index (χ1) is 7.65. The van der Waals surface area contributed by atoms with Crippen LogP contribution in [0.5, 0.6) is 0 Å². The number of hydrogen-bond acceptors (Lipinski definition) is 3. The molecule has 16 heavy (non-hydrogen) atoms. The van der Waals surface area contributed by atoms with Crippen LogP contribution < -0.4 is 0 Å². The number of aliphatic carboxylic acids is 1. The lowest BCUT2D eigenvalue weighted by atomic mass is 10.3. The number of carbonyl (C=O) groups is 1. The molecule has 5 heteroatoms. The van der Waals surface area contributed by atoms with Gasteiger partial charge >= 0.3 is 5.97 Å². The van der Waals surface area contributed by atoms with Gasteiger partial charge in [-0.25, -0.2) is 4.98 Å². The Labute approximate surface area is 99.1 Å². The maximum absolute atomic E-state index is 10.5. The van der Waals surface area contributed by atoms with Crippen LogP contribution in [0, 0.1) is 12.8 Å². The molecule has 1 fully saturated rings. The average Bonchev–Trinajstić information content (AvgIpc) is 2.97. The summed E-state index contributed by atoms with van der Waals surface area (Å²) < 4.78 is 2.08. The van der Waals surface area contributed by atoms with Crippen LogP contribution in [0.25, 0.3) is 0 Å². The van der Waals surface area contributed by atoms with Crippen molar-refractivity contribution in [2.24, 2.45) is 5.92 Å². The lowest BCUT2D eigenvalue weighted by molar-refractivity contribution is -0.133. The lowest BCUT2D eigenvalue weighted by Gasteiger charge is -2.05. The van der Waals surface area contributed by atoms with E-state index < -0.39 is 5.97 Å². The van der Waals surface area contributed by atoms with E-state index in [2.05, 4.69) is 9.55 Å². The predicted octanol–water partition coefficient (Wildman–Crippen LogP) is 2.17. The second-order valence-electron chi connectivity index (χ2n) is 4.27. The quantitative estimate of drug-likeness (QED) is 0.774. The molecule has 2 rings (SSSR count). The standard InChI is InChI=1S/C11H16N2O2S/c1-8-6-13(5-4-9-2-3-9)11(12-8)16-7-10(14)15/h6,9H,2-5,7H2,1H3,(H,14,15). The number of aromatic nitrogens is 2. The molecule has 1 saturated carbocycles. The van der Waals surface area contributed by atoms with Crippen molar-refractivity contribution in [3.05, 3.63) is 11.9 Å². The minimum atomic E-state index is -0.792. The van der Waals surface area contributed by atoms with Gasteiger partial charge in [-0.2, -0.15) is 0 Å². The molecule has 0 radical (unpaired) electrons. The molecule has 0 bridgehead atoms. The van der Waals surface area contributed by atoms with Crippen molar-refractivity contribution in [3.63, 3.8) is 0 Å². The minimum Gasteiger partial charge on any atom is -0.481 e. The van der Waals surface area contributed by atoms with E-state index in [0.29, 0.717) is 0 Å². The summed E-state index contributed by atoms with van der Waals surface area (Å²) in [5, 5.41) is 9.48. The van der Waals surface area contributed by atoms with Gasteiger partial charge in [0, 0.05) is 12.7 Å². The Morgan fingerprint density at radius 2 is 2.44 bits per heavy atom. The highest BCUT2D eigenvalue weighted by Gasteiger charge is 2.21. The van der Waals surface area contributed by atoms with Crippen molar-refractivity contribution in [2.75, 3.05) is 5.75 Å². The number of carboxylic acid groups (broad SMARTS) is 1. The van der Waals surface area contributed by atoms with Crippen LogP contribution in [0.15, 0.2) is 11.4 Å². The molecule has 88 valence electrons. The molecule has 0 aliphatic heterocycles. The third kappa shape index (κ3) is 3.27. The molecular weight excluding hydrogens is 224 g/mol. The summed E-state index contributed by atoms with van der Waals surface area (Å²) in [5.41, 5.74) is 0.962. The third-order valence-electron chi connectivity index (χ3n) is 2.66. The van der Waals surface area contributed by atoms with Crippen molar-refractivity contribution < 1.29 is 9.90 Å². The maximum atomic E-state index is 10.5. The minimum absolute atomic E-state index is 0.0832. The van der Waals surface area contributed by atoms with Gasteiger partial charge in [-0.3, -0.25) is 4.79 Å². The van der Waals surface area contributed by atoms with Gasteiger partial charge in [-0.1, -0.05) is 24.6 Å². The van der Waals surface area contributed by atoms with E-state index >= 15 is 0 Å². The van der Waals surface area contributed by atoms with Gasteiger partial charge in [-0.15, -0.1) is 0 Å². The largest absolute Gasteiger partial charge is 0.481 e. The first-order valence-electron chi connectivity index (χ1n) is 5.53. The molecule has 1 aliphatic rings. The van der Waals surface area contributed by atoms with Crippen LogP contribution in [0.4, 0.5) is 0 Å². The second kappa shape index (κ2) is 4.91. The number of rotatable bonds is 6. The normalized spacial score (nSPS) is 15.3. The van der Waals surface area contributed by atoms with Gasteiger partial charge in [-0.05, 0) is 19.3 Å². The molecule has 1 heterocycles. The first kappa shape index (κ1) is 11.5. The van der Waals surface area contributed by atoms with Gasteiger partial charge in [0.2, 0.25) is 0 Å². The van der Waals surface area contributed by atoms with E-state index in [4.69, 9.17) is 5.11 Å². The fourth-order valence-corrected chi connectivity index (χ4v) is 2.43. The van der Waals surface area contributed by atoms with Crippen LogP contribution in [-0.2, 0) is 11.3 Å². The Kier molecular flexibility index (Phi) is 3.53. The number of thioether (sulfide) groups is 1. The molecule has 0 spiro atoms. The summed E-state index contributed by atoms with van der Waals surface area (Å²) in [6.45, 7) is 2.91. The maximum Gasteiger partial charge on any atom is 0.313 e. The summed E-state index contributed by atoms with van der Waals surface area (Å²) >= 11 is 1.30. The van der Waals surface area contributed by atoms with Crippen LogP contribution >= 0.6 is 11.8 Å². The topological polar surface area (TPSA) is 55.1 Å². The third-order valence-corrected chi connectivity index (χ3v) is 3.64. The molecule has 1 aliphatic carbocycles. The van der Waals surface area contributed by atoms with E-state index in [1.165, 1.54) is 31.0 Å². The molecule has 1 aromatic heterocycles. The summed E-state index contributed by atoms with van der Waals surface area (Å²) in [6, 6.07) is 0. The van der Waals surface area contributed by atoms with Crippen LogP contribution in [0.1, 0.15) is 25.0 Å². The van der Waals surface area contributed by atoms with Crippen molar-refractivity contribution in [2.45, 2.75) is 37.9 Å². The van der Waals surface area contributed by atoms with Crippen molar-refractivity contribution in [3.8, 4) is 0 Å². The van der Waals surface area contributed by atoms with E-state index in [0.717, 1.165) is 23.3 Å². The van der Waals surface area contributed by atoms with Crippen molar-refractivity contribution in [1.82, 2.24) is 9.55 Å². The predicted molar refractivity (Wildman–Crippen MR) is 62.7 cm³/mol. The fourth-order valence-electron chi connectivity index (χ4n) is 1.65. The van der Waals surface area contributed by atoms with Gasteiger partial charge in [0.15, 0.2) is 5.16 Å². The summed E-state index contributed by atoms with van der Waals surface area (Å²) in [4.78, 5) is 14.9. The number of nitrogens with zero attached hydrogens (tertiary/aromatic N) is 2.